The van der Waals surface area contributed by atoms with Crippen molar-refractivity contribution in [3.8, 4) is 0 Å². The van der Waals surface area contributed by atoms with E-state index in [1.807, 2.05) is 0 Å². The highest BCUT2D eigenvalue weighted by atomic mass is 19.4. The van der Waals surface area contributed by atoms with Crippen molar-refractivity contribution in [2.75, 3.05) is 0 Å². The zero-order valence-electron chi connectivity index (χ0n) is 10.5. The van der Waals surface area contributed by atoms with Gasteiger partial charge in [0.25, 0.3) is 0 Å². The number of aromatic nitrogens is 1. The van der Waals surface area contributed by atoms with E-state index in [2.05, 4.69) is 10.4 Å². The molecule has 3 atom stereocenters. The lowest BCUT2D eigenvalue weighted by atomic mass is 9.73. The molecule has 1 aliphatic rings. The predicted molar refractivity (Wildman–Crippen MR) is 65.8 cm³/mol. The van der Waals surface area contributed by atoms with Gasteiger partial charge in [0.05, 0.1) is 12.0 Å². The van der Waals surface area contributed by atoms with Crippen LogP contribution in [-0.4, -0.2) is 11.2 Å². The van der Waals surface area contributed by atoms with E-state index in [0.717, 1.165) is 6.42 Å². The lowest BCUT2D eigenvalue weighted by molar-refractivity contribution is -0.199. The van der Waals surface area contributed by atoms with Crippen molar-refractivity contribution >= 4 is 0 Å². The van der Waals surface area contributed by atoms with Gasteiger partial charge in [-0.3, -0.25) is 16.3 Å². The summed E-state index contributed by atoms with van der Waals surface area (Å²) in [5.74, 6) is 3.68. The molecule has 0 aromatic carbocycles. The van der Waals surface area contributed by atoms with Gasteiger partial charge in [-0.2, -0.15) is 13.2 Å². The third kappa shape index (κ3) is 3.25. The van der Waals surface area contributed by atoms with Crippen LogP contribution in [0.2, 0.25) is 0 Å². The number of nitrogens with zero attached hydrogens (tertiary/aromatic N) is 1. The first-order valence-corrected chi connectivity index (χ1v) is 6.47. The average Bonchev–Trinajstić information content (AvgIpc) is 2.40. The molecule has 0 radical (unpaired) electrons. The molecule has 3 N–H and O–H groups in total. The number of hydrogen-bond donors (Lipinski definition) is 2. The van der Waals surface area contributed by atoms with Gasteiger partial charge in [-0.25, -0.2) is 0 Å². The normalized spacial score (nSPS) is 26.1. The molecular formula is C13H18F3N3. The van der Waals surface area contributed by atoms with Gasteiger partial charge in [-0.1, -0.05) is 18.9 Å². The lowest BCUT2D eigenvalue weighted by Crippen LogP contribution is -2.43. The quantitative estimate of drug-likeness (QED) is 0.657. The minimum absolute atomic E-state index is 0.187. The van der Waals surface area contributed by atoms with Crippen molar-refractivity contribution < 1.29 is 13.2 Å². The molecule has 6 heteroatoms. The summed E-state index contributed by atoms with van der Waals surface area (Å²) < 4.78 is 39.4. The van der Waals surface area contributed by atoms with Crippen molar-refractivity contribution in [1.29, 1.82) is 0 Å². The minimum atomic E-state index is -4.16. The van der Waals surface area contributed by atoms with E-state index in [-0.39, 0.29) is 6.42 Å². The van der Waals surface area contributed by atoms with E-state index in [0.29, 0.717) is 18.4 Å². The summed E-state index contributed by atoms with van der Waals surface area (Å²) in [5, 5.41) is 0. The number of hydrogen-bond acceptors (Lipinski definition) is 3. The van der Waals surface area contributed by atoms with Gasteiger partial charge in [0.1, 0.15) is 0 Å². The van der Waals surface area contributed by atoms with Gasteiger partial charge in [0.15, 0.2) is 0 Å². The second-order valence-electron chi connectivity index (χ2n) is 5.03. The monoisotopic (exact) mass is 273 g/mol. The Morgan fingerprint density at radius 3 is 2.63 bits per heavy atom. The van der Waals surface area contributed by atoms with Crippen LogP contribution in [0.25, 0.3) is 0 Å². The first kappa shape index (κ1) is 14.3. The van der Waals surface area contributed by atoms with E-state index in [1.54, 1.807) is 24.5 Å². The van der Waals surface area contributed by atoms with Crippen molar-refractivity contribution in [2.45, 2.75) is 37.9 Å². The van der Waals surface area contributed by atoms with Crippen molar-refractivity contribution in [1.82, 2.24) is 10.4 Å². The molecule has 1 heterocycles. The first-order chi connectivity index (χ1) is 9.04. The summed E-state index contributed by atoms with van der Waals surface area (Å²) in [6.07, 6.45) is 1.18. The van der Waals surface area contributed by atoms with Crippen molar-refractivity contribution in [3.05, 3.63) is 30.1 Å². The lowest BCUT2D eigenvalue weighted by Gasteiger charge is -2.37. The molecular weight excluding hydrogens is 255 g/mol. The Balaban J connectivity index is 2.25. The fourth-order valence-electron chi connectivity index (χ4n) is 2.99. The number of nitrogens with one attached hydrogen (secondary N) is 1. The summed E-state index contributed by atoms with van der Waals surface area (Å²) in [4.78, 5) is 3.96. The molecule has 3 nitrogen and oxygen atoms in total. The molecule has 1 saturated carbocycles. The second-order valence-corrected chi connectivity index (χ2v) is 5.03. The summed E-state index contributed by atoms with van der Waals surface area (Å²) in [6, 6.07) is 2.98. The predicted octanol–water partition coefficient (Wildman–Crippen LogP) is 2.95. The van der Waals surface area contributed by atoms with Gasteiger partial charge in [-0.05, 0) is 30.4 Å². The maximum Gasteiger partial charge on any atom is 0.392 e. The Morgan fingerprint density at radius 1 is 1.32 bits per heavy atom. The average molecular weight is 273 g/mol. The fraction of sp³-hybridized carbons (Fsp3) is 0.615. The van der Waals surface area contributed by atoms with Crippen molar-refractivity contribution in [3.63, 3.8) is 0 Å². The number of pyridine rings is 1. The number of halogens is 3. The second kappa shape index (κ2) is 5.88. The number of nitrogens with two attached hydrogens (primary N) is 1. The molecule has 0 spiro atoms. The van der Waals surface area contributed by atoms with Crippen LogP contribution in [0.15, 0.2) is 24.5 Å². The molecule has 1 aliphatic carbocycles. The fourth-order valence-corrected chi connectivity index (χ4v) is 2.99. The van der Waals surface area contributed by atoms with Crippen LogP contribution < -0.4 is 11.3 Å². The van der Waals surface area contributed by atoms with Gasteiger partial charge >= 0.3 is 6.18 Å². The summed E-state index contributed by atoms with van der Waals surface area (Å²) in [7, 11) is 0. The summed E-state index contributed by atoms with van der Waals surface area (Å²) in [5.41, 5.74) is 3.26. The molecule has 0 bridgehead atoms. The maximum atomic E-state index is 13.1. The zero-order chi connectivity index (χ0) is 13.9. The molecule has 1 fully saturated rings. The molecule has 19 heavy (non-hydrogen) atoms. The third-order valence-corrected chi connectivity index (χ3v) is 3.89. The van der Waals surface area contributed by atoms with Crippen LogP contribution in [0.4, 0.5) is 13.2 Å². The summed E-state index contributed by atoms with van der Waals surface area (Å²) in [6.45, 7) is 0. The number of alkyl halides is 3. The standard InChI is InChI=1S/C13H18F3N3/c14-13(15,16)11-6-2-1-5-10(11)12(19-17)9-4-3-7-18-8-9/h3-4,7-8,10-12,19H,1-2,5-6,17H2. The number of rotatable bonds is 3. The van der Waals surface area contributed by atoms with Crippen LogP contribution >= 0.6 is 0 Å². The molecule has 2 rings (SSSR count). The Morgan fingerprint density at radius 2 is 2.05 bits per heavy atom. The zero-order valence-corrected chi connectivity index (χ0v) is 10.5. The Kier molecular flexibility index (Phi) is 4.42. The van der Waals surface area contributed by atoms with E-state index >= 15 is 0 Å². The smallest absolute Gasteiger partial charge is 0.271 e. The SMILES string of the molecule is NNC(c1cccnc1)C1CCCCC1C(F)(F)F. The molecule has 1 aromatic rings. The number of hydrazine groups is 1. The van der Waals surface area contributed by atoms with Crippen LogP contribution in [0.1, 0.15) is 37.3 Å². The van der Waals surface area contributed by atoms with E-state index in [1.165, 1.54) is 0 Å². The Hall–Kier alpha value is -1.14. The molecule has 106 valence electrons. The highest BCUT2D eigenvalue weighted by Gasteiger charge is 2.47. The van der Waals surface area contributed by atoms with Crippen LogP contribution in [-0.2, 0) is 0 Å². The van der Waals surface area contributed by atoms with Gasteiger partial charge in [0, 0.05) is 12.4 Å². The van der Waals surface area contributed by atoms with E-state index in [9.17, 15) is 13.2 Å². The molecule has 0 amide bonds. The maximum absolute atomic E-state index is 13.1. The minimum Gasteiger partial charge on any atom is -0.271 e. The van der Waals surface area contributed by atoms with E-state index < -0.39 is 24.1 Å². The van der Waals surface area contributed by atoms with Crippen molar-refractivity contribution in [2.24, 2.45) is 17.7 Å². The molecule has 3 unspecified atom stereocenters. The van der Waals surface area contributed by atoms with Crippen LogP contribution in [0.5, 0.6) is 0 Å². The summed E-state index contributed by atoms with van der Waals surface area (Å²) >= 11 is 0. The highest BCUT2D eigenvalue weighted by molar-refractivity contribution is 5.15. The topological polar surface area (TPSA) is 50.9 Å². The highest BCUT2D eigenvalue weighted by Crippen LogP contribution is 2.46. The van der Waals surface area contributed by atoms with E-state index in [4.69, 9.17) is 5.84 Å². The van der Waals surface area contributed by atoms with Gasteiger partial charge in [-0.15, -0.1) is 0 Å². The Labute approximate surface area is 110 Å². The van der Waals surface area contributed by atoms with Gasteiger partial charge in [0.2, 0.25) is 0 Å². The molecule has 0 saturated heterocycles. The third-order valence-electron chi connectivity index (χ3n) is 3.89. The van der Waals surface area contributed by atoms with Crippen LogP contribution in [0, 0.1) is 11.8 Å². The van der Waals surface area contributed by atoms with Crippen LogP contribution in [0.3, 0.4) is 0 Å². The first-order valence-electron chi connectivity index (χ1n) is 6.47. The Bertz CT molecular complexity index is 394. The molecule has 0 aliphatic heterocycles. The molecule has 1 aromatic heterocycles. The largest absolute Gasteiger partial charge is 0.392 e. The van der Waals surface area contributed by atoms with Gasteiger partial charge < -0.3 is 0 Å².